The van der Waals surface area contributed by atoms with Gasteiger partial charge in [-0.3, -0.25) is 0 Å². The molecule has 1 heterocycles. The van der Waals surface area contributed by atoms with Gasteiger partial charge in [-0.15, -0.1) is 0 Å². The molecule has 0 bridgehead atoms. The molecule has 1 aromatic heterocycles. The number of nitrogens with zero attached hydrogens (tertiary/aromatic N) is 2. The highest BCUT2D eigenvalue weighted by Crippen LogP contribution is 2.35. The second-order valence-electron chi connectivity index (χ2n) is 5.24. The van der Waals surface area contributed by atoms with Gasteiger partial charge < -0.3 is 14.8 Å². The van der Waals surface area contributed by atoms with Gasteiger partial charge in [0.05, 0.1) is 19.7 Å². The number of fused-ring (bicyclic) bond motifs is 1. The standard InChI is InChI=1S/C18H18ClN3O2/c1-4-11-5-7-12(8-6-11)20-17-13-9-15(23-2)16(24-3)10-14(13)21-18(19)22-17/h5-10H,4H2,1-3H3,(H,20,21,22). The quantitative estimate of drug-likeness (QED) is 0.686. The lowest BCUT2D eigenvalue weighted by molar-refractivity contribution is 0.356. The number of benzene rings is 2. The predicted octanol–water partition coefficient (Wildman–Crippen LogP) is 4.61. The Balaban J connectivity index is 2.08. The first-order chi connectivity index (χ1) is 11.6. The zero-order chi connectivity index (χ0) is 17.1. The Morgan fingerprint density at radius 1 is 1.00 bits per heavy atom. The summed E-state index contributed by atoms with van der Waals surface area (Å²) in [5.74, 6) is 1.83. The van der Waals surface area contributed by atoms with Crippen molar-refractivity contribution < 1.29 is 9.47 Å². The summed E-state index contributed by atoms with van der Waals surface area (Å²) in [5, 5.41) is 4.27. The second-order valence-corrected chi connectivity index (χ2v) is 5.58. The van der Waals surface area contributed by atoms with Crippen molar-refractivity contribution in [2.45, 2.75) is 13.3 Å². The highest BCUT2D eigenvalue weighted by molar-refractivity contribution is 6.28. The Hall–Kier alpha value is -2.53. The molecule has 3 aromatic rings. The minimum Gasteiger partial charge on any atom is -0.493 e. The number of ether oxygens (including phenoxy) is 2. The lowest BCUT2D eigenvalue weighted by atomic mass is 10.1. The summed E-state index contributed by atoms with van der Waals surface area (Å²) in [5.41, 5.74) is 2.89. The summed E-state index contributed by atoms with van der Waals surface area (Å²) in [6.45, 7) is 2.12. The Labute approximate surface area is 145 Å². The highest BCUT2D eigenvalue weighted by Gasteiger charge is 2.13. The van der Waals surface area contributed by atoms with Gasteiger partial charge in [0, 0.05) is 17.1 Å². The molecule has 2 aromatic carbocycles. The predicted molar refractivity (Wildman–Crippen MR) is 96.8 cm³/mol. The molecule has 0 saturated heterocycles. The fraction of sp³-hybridized carbons (Fsp3) is 0.222. The number of hydrogen-bond acceptors (Lipinski definition) is 5. The van der Waals surface area contributed by atoms with Gasteiger partial charge in [-0.25, -0.2) is 4.98 Å². The van der Waals surface area contributed by atoms with Crippen molar-refractivity contribution in [1.82, 2.24) is 9.97 Å². The monoisotopic (exact) mass is 343 g/mol. The van der Waals surface area contributed by atoms with E-state index in [4.69, 9.17) is 21.1 Å². The third-order valence-corrected chi connectivity index (χ3v) is 3.97. The third-order valence-electron chi connectivity index (χ3n) is 3.80. The molecule has 6 heteroatoms. The molecular weight excluding hydrogens is 326 g/mol. The van der Waals surface area contributed by atoms with Crippen LogP contribution in [0.4, 0.5) is 11.5 Å². The van der Waals surface area contributed by atoms with Crippen LogP contribution < -0.4 is 14.8 Å². The molecule has 0 aliphatic carbocycles. The van der Waals surface area contributed by atoms with Crippen LogP contribution in [0.3, 0.4) is 0 Å². The number of aryl methyl sites for hydroxylation is 1. The van der Waals surface area contributed by atoms with Crippen LogP contribution >= 0.6 is 11.6 Å². The van der Waals surface area contributed by atoms with Gasteiger partial charge >= 0.3 is 0 Å². The first-order valence-corrected chi connectivity index (χ1v) is 7.97. The molecular formula is C18H18ClN3O2. The van der Waals surface area contributed by atoms with E-state index in [0.717, 1.165) is 17.5 Å². The minimum absolute atomic E-state index is 0.169. The minimum atomic E-state index is 0.169. The van der Waals surface area contributed by atoms with Gasteiger partial charge in [0.15, 0.2) is 11.5 Å². The number of halogens is 1. The normalized spacial score (nSPS) is 10.7. The van der Waals surface area contributed by atoms with Gasteiger partial charge in [-0.1, -0.05) is 19.1 Å². The average molecular weight is 344 g/mol. The van der Waals surface area contributed by atoms with Crippen molar-refractivity contribution in [3.63, 3.8) is 0 Å². The van der Waals surface area contributed by atoms with Gasteiger partial charge in [0.2, 0.25) is 5.28 Å². The summed E-state index contributed by atoms with van der Waals surface area (Å²) in [6, 6.07) is 11.8. The number of anilines is 2. The summed E-state index contributed by atoms with van der Waals surface area (Å²) >= 11 is 6.07. The fourth-order valence-electron chi connectivity index (χ4n) is 2.48. The topological polar surface area (TPSA) is 56.3 Å². The molecule has 124 valence electrons. The lowest BCUT2D eigenvalue weighted by Gasteiger charge is -2.13. The van der Waals surface area contributed by atoms with Crippen LogP contribution in [0.1, 0.15) is 12.5 Å². The molecule has 1 N–H and O–H groups in total. The Bertz CT molecular complexity index is 866. The van der Waals surface area contributed by atoms with E-state index in [2.05, 4.69) is 34.3 Å². The first kappa shape index (κ1) is 16.3. The fourth-order valence-corrected chi connectivity index (χ4v) is 2.66. The maximum absolute atomic E-state index is 6.07. The molecule has 3 rings (SSSR count). The molecule has 0 spiro atoms. The van der Waals surface area contributed by atoms with E-state index >= 15 is 0 Å². The van der Waals surface area contributed by atoms with Crippen molar-refractivity contribution >= 4 is 34.0 Å². The molecule has 0 fully saturated rings. The molecule has 0 radical (unpaired) electrons. The van der Waals surface area contributed by atoms with E-state index in [0.29, 0.717) is 22.8 Å². The van der Waals surface area contributed by atoms with Gasteiger partial charge in [0.25, 0.3) is 0 Å². The van der Waals surface area contributed by atoms with Crippen molar-refractivity contribution in [1.29, 1.82) is 0 Å². The first-order valence-electron chi connectivity index (χ1n) is 7.59. The smallest absolute Gasteiger partial charge is 0.224 e. The highest BCUT2D eigenvalue weighted by atomic mass is 35.5. The average Bonchev–Trinajstić information content (AvgIpc) is 2.61. The largest absolute Gasteiger partial charge is 0.493 e. The van der Waals surface area contributed by atoms with Crippen LogP contribution in [0.2, 0.25) is 5.28 Å². The Morgan fingerprint density at radius 3 is 2.29 bits per heavy atom. The van der Waals surface area contributed by atoms with Crippen molar-refractivity contribution in [2.24, 2.45) is 0 Å². The number of aromatic nitrogens is 2. The lowest BCUT2D eigenvalue weighted by Crippen LogP contribution is -1.99. The molecule has 0 saturated carbocycles. The molecule has 24 heavy (non-hydrogen) atoms. The summed E-state index contributed by atoms with van der Waals surface area (Å²) in [7, 11) is 3.18. The van der Waals surface area contributed by atoms with E-state index in [1.54, 1.807) is 20.3 Å². The molecule has 0 aliphatic rings. The van der Waals surface area contributed by atoms with Gasteiger partial charge in [-0.05, 0) is 41.8 Å². The van der Waals surface area contributed by atoms with E-state index in [1.807, 2.05) is 18.2 Å². The SMILES string of the molecule is CCc1ccc(Nc2nc(Cl)nc3cc(OC)c(OC)cc23)cc1. The number of nitrogens with one attached hydrogen (secondary N) is 1. The molecule has 0 atom stereocenters. The maximum Gasteiger partial charge on any atom is 0.224 e. The summed E-state index contributed by atoms with van der Waals surface area (Å²) in [4.78, 5) is 8.59. The van der Waals surface area contributed by atoms with E-state index < -0.39 is 0 Å². The van der Waals surface area contributed by atoms with E-state index in [9.17, 15) is 0 Å². The summed E-state index contributed by atoms with van der Waals surface area (Å²) < 4.78 is 10.7. The van der Waals surface area contributed by atoms with Crippen LogP contribution in [0.5, 0.6) is 11.5 Å². The van der Waals surface area contributed by atoms with Gasteiger partial charge in [0.1, 0.15) is 5.82 Å². The molecule has 0 unspecified atom stereocenters. The number of methoxy groups -OCH3 is 2. The van der Waals surface area contributed by atoms with Crippen LogP contribution in [-0.4, -0.2) is 24.2 Å². The van der Waals surface area contributed by atoms with E-state index in [-0.39, 0.29) is 5.28 Å². The summed E-state index contributed by atoms with van der Waals surface area (Å²) in [6.07, 6.45) is 1.000. The van der Waals surface area contributed by atoms with Crippen molar-refractivity contribution in [2.75, 3.05) is 19.5 Å². The van der Waals surface area contributed by atoms with E-state index in [1.165, 1.54) is 5.56 Å². The van der Waals surface area contributed by atoms with Crippen LogP contribution in [0.15, 0.2) is 36.4 Å². The second kappa shape index (κ2) is 6.93. The Kier molecular flexibility index (Phi) is 4.71. The van der Waals surface area contributed by atoms with Crippen LogP contribution in [0.25, 0.3) is 10.9 Å². The van der Waals surface area contributed by atoms with Crippen molar-refractivity contribution in [3.8, 4) is 11.5 Å². The molecule has 0 amide bonds. The Morgan fingerprint density at radius 2 is 1.67 bits per heavy atom. The number of hydrogen-bond donors (Lipinski definition) is 1. The van der Waals surface area contributed by atoms with Crippen LogP contribution in [-0.2, 0) is 6.42 Å². The molecule has 0 aliphatic heterocycles. The van der Waals surface area contributed by atoms with Crippen LogP contribution in [0, 0.1) is 0 Å². The molecule has 5 nitrogen and oxygen atoms in total. The van der Waals surface area contributed by atoms with Gasteiger partial charge in [-0.2, -0.15) is 4.98 Å². The van der Waals surface area contributed by atoms with Crippen molar-refractivity contribution in [3.05, 3.63) is 47.2 Å². The number of rotatable bonds is 5. The zero-order valence-corrected chi connectivity index (χ0v) is 14.5. The maximum atomic E-state index is 6.07. The zero-order valence-electron chi connectivity index (χ0n) is 13.8. The third kappa shape index (κ3) is 3.21.